The molecule has 2 aromatic rings. The summed E-state index contributed by atoms with van der Waals surface area (Å²) < 4.78 is 5.91. The van der Waals surface area contributed by atoms with Crippen molar-refractivity contribution in [1.29, 1.82) is 0 Å². The zero-order chi connectivity index (χ0) is 17.5. The lowest BCUT2D eigenvalue weighted by Gasteiger charge is -2.35. The van der Waals surface area contributed by atoms with Gasteiger partial charge in [0.15, 0.2) is 0 Å². The fraction of sp³-hybridized carbons (Fsp3) is 0.364. The summed E-state index contributed by atoms with van der Waals surface area (Å²) in [6.45, 7) is 11.1. The quantitative estimate of drug-likeness (QED) is 0.650. The average Bonchev–Trinajstić information content (AvgIpc) is 2.66. The first-order valence-corrected chi connectivity index (χ1v) is 9.08. The number of nitrogens with zero attached hydrogens (tertiary/aromatic N) is 1. The minimum atomic E-state index is 0. The van der Waals surface area contributed by atoms with E-state index in [9.17, 15) is 0 Å². The van der Waals surface area contributed by atoms with Crippen LogP contribution in [0.4, 0.5) is 0 Å². The molecular formula is C22H30Cl2N2O. The summed E-state index contributed by atoms with van der Waals surface area (Å²) in [5.41, 5.74) is 3.76. The SMILES string of the molecule is C=C(C)C[C@H](c1ccc(OCc2ccccc2)cc1)N1CCNCC1.Cl.Cl. The molecule has 5 heteroatoms. The second-order valence-corrected chi connectivity index (χ2v) is 6.81. The molecular weight excluding hydrogens is 379 g/mol. The van der Waals surface area contributed by atoms with E-state index in [0.717, 1.165) is 38.3 Å². The van der Waals surface area contributed by atoms with E-state index in [-0.39, 0.29) is 24.8 Å². The standard InChI is InChI=1S/C22H28N2O.2ClH/c1-18(2)16-22(24-14-12-23-13-15-24)20-8-10-21(11-9-20)25-17-19-6-4-3-5-7-19;;/h3-11,22-23H,1,12-17H2,2H3;2*1H/t22-;;/m1../s1. The Labute approximate surface area is 175 Å². The zero-order valence-corrected chi connectivity index (χ0v) is 17.5. The van der Waals surface area contributed by atoms with Gasteiger partial charge < -0.3 is 10.1 Å². The van der Waals surface area contributed by atoms with Crippen LogP contribution in [0, 0.1) is 0 Å². The van der Waals surface area contributed by atoms with E-state index in [1.54, 1.807) is 0 Å². The van der Waals surface area contributed by atoms with Crippen LogP contribution in [0.1, 0.15) is 30.5 Å². The Hall–Kier alpha value is -1.52. The van der Waals surface area contributed by atoms with Crippen LogP contribution in [0.15, 0.2) is 66.7 Å². The molecule has 0 saturated carbocycles. The van der Waals surface area contributed by atoms with Crippen molar-refractivity contribution in [2.45, 2.75) is 26.0 Å². The smallest absolute Gasteiger partial charge is 0.119 e. The third kappa shape index (κ3) is 7.19. The van der Waals surface area contributed by atoms with Crippen LogP contribution in [-0.2, 0) is 6.61 Å². The summed E-state index contributed by atoms with van der Waals surface area (Å²) in [5.74, 6) is 0.919. The minimum absolute atomic E-state index is 0. The molecule has 2 aromatic carbocycles. The molecule has 0 spiro atoms. The Morgan fingerprint density at radius 3 is 2.26 bits per heavy atom. The molecule has 1 atom stereocenters. The third-order valence-corrected chi connectivity index (χ3v) is 4.65. The van der Waals surface area contributed by atoms with Crippen molar-refractivity contribution in [3.63, 3.8) is 0 Å². The van der Waals surface area contributed by atoms with Crippen molar-refractivity contribution >= 4 is 24.8 Å². The van der Waals surface area contributed by atoms with Gasteiger partial charge in [-0.3, -0.25) is 4.90 Å². The highest BCUT2D eigenvalue weighted by Gasteiger charge is 2.22. The average molecular weight is 409 g/mol. The predicted octanol–water partition coefficient (Wildman–Crippen LogP) is 5.02. The van der Waals surface area contributed by atoms with Gasteiger partial charge >= 0.3 is 0 Å². The zero-order valence-electron chi connectivity index (χ0n) is 15.9. The lowest BCUT2D eigenvalue weighted by Crippen LogP contribution is -2.45. The van der Waals surface area contributed by atoms with Crippen molar-refractivity contribution in [3.8, 4) is 5.75 Å². The lowest BCUT2D eigenvalue weighted by molar-refractivity contribution is 0.172. The summed E-state index contributed by atoms with van der Waals surface area (Å²) in [6.07, 6.45) is 1.00. The highest BCUT2D eigenvalue weighted by molar-refractivity contribution is 5.85. The number of rotatable bonds is 7. The second-order valence-electron chi connectivity index (χ2n) is 6.81. The number of halogens is 2. The molecule has 0 bridgehead atoms. The van der Waals surface area contributed by atoms with Gasteiger partial charge in [-0.05, 0) is 36.6 Å². The van der Waals surface area contributed by atoms with Crippen molar-refractivity contribution in [3.05, 3.63) is 77.9 Å². The van der Waals surface area contributed by atoms with Crippen molar-refractivity contribution < 1.29 is 4.74 Å². The van der Waals surface area contributed by atoms with E-state index in [1.165, 1.54) is 16.7 Å². The summed E-state index contributed by atoms with van der Waals surface area (Å²) in [6, 6.07) is 19.3. The van der Waals surface area contributed by atoms with Gasteiger partial charge in [0.05, 0.1) is 0 Å². The Balaban J connectivity index is 0.00000182. The third-order valence-electron chi connectivity index (χ3n) is 4.65. The van der Waals surface area contributed by atoms with E-state index >= 15 is 0 Å². The number of benzene rings is 2. The van der Waals surface area contributed by atoms with Crippen LogP contribution < -0.4 is 10.1 Å². The predicted molar refractivity (Wildman–Crippen MR) is 118 cm³/mol. The molecule has 1 N–H and O–H groups in total. The largest absolute Gasteiger partial charge is 0.489 e. The van der Waals surface area contributed by atoms with Crippen molar-refractivity contribution in [1.82, 2.24) is 10.2 Å². The summed E-state index contributed by atoms with van der Waals surface area (Å²) in [5, 5.41) is 3.43. The van der Waals surface area contributed by atoms with E-state index < -0.39 is 0 Å². The number of nitrogens with one attached hydrogen (secondary N) is 1. The molecule has 0 unspecified atom stereocenters. The van der Waals surface area contributed by atoms with Crippen molar-refractivity contribution in [2.24, 2.45) is 0 Å². The fourth-order valence-corrected chi connectivity index (χ4v) is 3.31. The van der Waals surface area contributed by atoms with Gasteiger partial charge in [0.1, 0.15) is 12.4 Å². The fourth-order valence-electron chi connectivity index (χ4n) is 3.31. The number of hydrogen-bond acceptors (Lipinski definition) is 3. The van der Waals surface area contributed by atoms with Gasteiger partial charge in [0.2, 0.25) is 0 Å². The van der Waals surface area contributed by atoms with Crippen LogP contribution in [0.5, 0.6) is 5.75 Å². The monoisotopic (exact) mass is 408 g/mol. The first-order valence-electron chi connectivity index (χ1n) is 9.08. The molecule has 27 heavy (non-hydrogen) atoms. The highest BCUT2D eigenvalue weighted by atomic mass is 35.5. The first kappa shape index (κ1) is 23.5. The molecule has 1 heterocycles. The van der Waals surface area contributed by atoms with Gasteiger partial charge in [0, 0.05) is 32.2 Å². The molecule has 1 aliphatic rings. The lowest BCUT2D eigenvalue weighted by atomic mass is 9.98. The molecule has 3 rings (SSSR count). The van der Waals surface area contributed by atoms with Crippen LogP contribution in [0.3, 0.4) is 0 Å². The molecule has 3 nitrogen and oxygen atoms in total. The Morgan fingerprint density at radius 2 is 1.67 bits per heavy atom. The molecule has 0 amide bonds. The van der Waals surface area contributed by atoms with Gasteiger partial charge in [0.25, 0.3) is 0 Å². The number of ether oxygens (including phenoxy) is 1. The van der Waals surface area contributed by atoms with Gasteiger partial charge in [-0.2, -0.15) is 0 Å². The minimum Gasteiger partial charge on any atom is -0.489 e. The normalized spacial score (nSPS) is 15.1. The first-order chi connectivity index (χ1) is 12.2. The number of hydrogen-bond donors (Lipinski definition) is 1. The van der Waals surface area contributed by atoms with Gasteiger partial charge in [-0.1, -0.05) is 48.0 Å². The second kappa shape index (κ2) is 12.0. The topological polar surface area (TPSA) is 24.5 Å². The van der Waals surface area contributed by atoms with E-state index in [4.69, 9.17) is 4.74 Å². The van der Waals surface area contributed by atoms with Gasteiger partial charge in [-0.25, -0.2) is 0 Å². The maximum atomic E-state index is 5.91. The molecule has 1 saturated heterocycles. The van der Waals surface area contributed by atoms with E-state index in [2.05, 4.69) is 60.1 Å². The Kier molecular flexibility index (Phi) is 10.5. The van der Waals surface area contributed by atoms with Crippen LogP contribution in [-0.4, -0.2) is 31.1 Å². The van der Waals surface area contributed by atoms with E-state index in [1.807, 2.05) is 18.2 Å². The molecule has 1 fully saturated rings. The summed E-state index contributed by atoms with van der Waals surface area (Å²) in [4.78, 5) is 2.56. The summed E-state index contributed by atoms with van der Waals surface area (Å²) >= 11 is 0. The molecule has 1 aliphatic heterocycles. The Morgan fingerprint density at radius 1 is 1.04 bits per heavy atom. The molecule has 148 valence electrons. The highest BCUT2D eigenvalue weighted by Crippen LogP contribution is 2.29. The molecule has 0 aliphatic carbocycles. The number of piperazine rings is 1. The van der Waals surface area contributed by atoms with Crippen LogP contribution >= 0.6 is 24.8 Å². The van der Waals surface area contributed by atoms with Gasteiger partial charge in [-0.15, -0.1) is 31.4 Å². The maximum Gasteiger partial charge on any atom is 0.119 e. The molecule has 0 radical (unpaired) electrons. The Bertz CT molecular complexity index is 670. The maximum absolute atomic E-state index is 5.91. The summed E-state index contributed by atoms with van der Waals surface area (Å²) in [7, 11) is 0. The van der Waals surface area contributed by atoms with Crippen LogP contribution in [0.25, 0.3) is 0 Å². The molecule has 0 aromatic heterocycles. The van der Waals surface area contributed by atoms with Crippen LogP contribution in [0.2, 0.25) is 0 Å². The van der Waals surface area contributed by atoms with Crippen molar-refractivity contribution in [2.75, 3.05) is 26.2 Å². The van der Waals surface area contributed by atoms with E-state index in [0.29, 0.717) is 12.6 Å².